The highest BCUT2D eigenvalue weighted by Gasteiger charge is 2.25. The van der Waals surface area contributed by atoms with Gasteiger partial charge in [0.2, 0.25) is 0 Å². The molecule has 0 spiro atoms. The van der Waals surface area contributed by atoms with Crippen LogP contribution in [-0.2, 0) is 0 Å². The lowest BCUT2D eigenvalue weighted by atomic mass is 9.77. The molecule has 0 radical (unpaired) electrons. The molecule has 1 aliphatic rings. The Balaban J connectivity index is 2.05. The maximum Gasteiger partial charge on any atom is 0.127 e. The fourth-order valence-electron chi connectivity index (χ4n) is 3.05. The van der Waals surface area contributed by atoms with E-state index < -0.39 is 0 Å². The Bertz CT molecular complexity index is 347. The topological polar surface area (TPSA) is 0 Å². The average Bonchev–Trinajstić information content (AvgIpc) is 2.31. The van der Waals surface area contributed by atoms with Crippen LogP contribution < -0.4 is 0 Å². The van der Waals surface area contributed by atoms with Crippen molar-refractivity contribution in [2.75, 3.05) is 0 Å². The van der Waals surface area contributed by atoms with E-state index >= 15 is 0 Å². The lowest BCUT2D eigenvalue weighted by molar-refractivity contribution is 0.304. The largest absolute Gasteiger partial charge is 0.207 e. The first-order chi connectivity index (χ1) is 8.22. The Morgan fingerprint density at radius 3 is 2.53 bits per heavy atom. The highest BCUT2D eigenvalue weighted by molar-refractivity contribution is 14.1. The average molecular weight is 346 g/mol. The van der Waals surface area contributed by atoms with E-state index in [0.717, 1.165) is 15.1 Å². The van der Waals surface area contributed by atoms with E-state index in [2.05, 4.69) is 29.5 Å². The standard InChI is InChI=1S/C15H20FI/c1-2-4-11-7-9-12(10-8-11)15-13(16)5-3-6-14(15)17/h3,5-6,11-12H,2,4,7-10H2,1H3. The van der Waals surface area contributed by atoms with Gasteiger partial charge >= 0.3 is 0 Å². The minimum Gasteiger partial charge on any atom is -0.207 e. The maximum atomic E-state index is 13.9. The summed E-state index contributed by atoms with van der Waals surface area (Å²) >= 11 is 2.27. The normalized spacial score (nSPS) is 24.9. The van der Waals surface area contributed by atoms with Crippen LogP contribution in [0.1, 0.15) is 56.9 Å². The second-order valence-corrected chi connectivity index (χ2v) is 6.30. The molecule has 0 bridgehead atoms. The number of halogens is 2. The zero-order chi connectivity index (χ0) is 12.3. The number of hydrogen-bond acceptors (Lipinski definition) is 0. The van der Waals surface area contributed by atoms with Crippen LogP contribution in [0.4, 0.5) is 4.39 Å². The highest BCUT2D eigenvalue weighted by Crippen LogP contribution is 2.39. The molecule has 2 heteroatoms. The molecule has 1 aromatic rings. The first kappa shape index (κ1) is 13.3. The van der Waals surface area contributed by atoms with E-state index in [-0.39, 0.29) is 5.82 Å². The number of rotatable bonds is 3. The van der Waals surface area contributed by atoms with Crippen LogP contribution >= 0.6 is 22.6 Å². The minimum absolute atomic E-state index is 0.00385. The van der Waals surface area contributed by atoms with Crippen LogP contribution in [0, 0.1) is 15.3 Å². The van der Waals surface area contributed by atoms with Crippen LogP contribution in [0.25, 0.3) is 0 Å². The monoisotopic (exact) mass is 346 g/mol. The molecule has 0 aromatic heterocycles. The predicted molar refractivity (Wildman–Crippen MR) is 78.7 cm³/mol. The smallest absolute Gasteiger partial charge is 0.127 e. The molecule has 0 amide bonds. The third-order valence-corrected chi connectivity index (χ3v) is 4.89. The molecule has 0 saturated heterocycles. The van der Waals surface area contributed by atoms with Crippen molar-refractivity contribution in [3.8, 4) is 0 Å². The second-order valence-electron chi connectivity index (χ2n) is 5.14. The quantitative estimate of drug-likeness (QED) is 0.634. The molecule has 0 heterocycles. The third-order valence-electron chi connectivity index (χ3n) is 3.95. The van der Waals surface area contributed by atoms with Gasteiger partial charge in [-0.05, 0) is 72.2 Å². The zero-order valence-electron chi connectivity index (χ0n) is 10.4. The summed E-state index contributed by atoms with van der Waals surface area (Å²) in [5, 5.41) is 0. The molecule has 1 aliphatic carbocycles. The lowest BCUT2D eigenvalue weighted by Crippen LogP contribution is -2.15. The van der Waals surface area contributed by atoms with E-state index in [0.29, 0.717) is 5.92 Å². The summed E-state index contributed by atoms with van der Waals surface area (Å²) < 4.78 is 15.0. The van der Waals surface area contributed by atoms with Gasteiger partial charge in [-0.2, -0.15) is 0 Å². The van der Waals surface area contributed by atoms with Gasteiger partial charge in [0, 0.05) is 9.13 Å². The molecule has 94 valence electrons. The predicted octanol–water partition coefficient (Wildman–Crippen LogP) is 5.50. The van der Waals surface area contributed by atoms with Crippen molar-refractivity contribution in [1.29, 1.82) is 0 Å². The molecular formula is C15H20FI. The van der Waals surface area contributed by atoms with Gasteiger partial charge in [-0.15, -0.1) is 0 Å². The summed E-state index contributed by atoms with van der Waals surface area (Å²) in [5.41, 5.74) is 0.975. The van der Waals surface area contributed by atoms with Crippen LogP contribution in [0.2, 0.25) is 0 Å². The minimum atomic E-state index is -0.00385. The molecule has 0 nitrogen and oxygen atoms in total. The number of benzene rings is 1. The fraction of sp³-hybridized carbons (Fsp3) is 0.600. The van der Waals surface area contributed by atoms with E-state index in [1.165, 1.54) is 38.5 Å². The van der Waals surface area contributed by atoms with Crippen molar-refractivity contribution >= 4 is 22.6 Å². The molecular weight excluding hydrogens is 326 g/mol. The Kier molecular flexibility index (Phi) is 4.83. The van der Waals surface area contributed by atoms with Crippen molar-refractivity contribution in [2.24, 2.45) is 5.92 Å². The number of hydrogen-bond donors (Lipinski definition) is 0. The van der Waals surface area contributed by atoms with E-state index in [9.17, 15) is 4.39 Å². The Morgan fingerprint density at radius 2 is 1.94 bits per heavy atom. The highest BCUT2D eigenvalue weighted by atomic mass is 127. The summed E-state index contributed by atoms with van der Waals surface area (Å²) in [7, 11) is 0. The van der Waals surface area contributed by atoms with Crippen LogP contribution in [0.15, 0.2) is 18.2 Å². The summed E-state index contributed by atoms with van der Waals surface area (Å²) in [6.45, 7) is 2.26. The molecule has 0 N–H and O–H groups in total. The molecule has 0 atom stereocenters. The van der Waals surface area contributed by atoms with Crippen molar-refractivity contribution in [1.82, 2.24) is 0 Å². The SMILES string of the molecule is CCCC1CCC(c2c(F)cccc2I)CC1. The molecule has 1 aromatic carbocycles. The van der Waals surface area contributed by atoms with Gasteiger partial charge in [0.25, 0.3) is 0 Å². The van der Waals surface area contributed by atoms with Gasteiger partial charge in [0.05, 0.1) is 0 Å². The van der Waals surface area contributed by atoms with E-state index in [1.807, 2.05) is 12.1 Å². The summed E-state index contributed by atoms with van der Waals surface area (Å²) in [4.78, 5) is 0. The van der Waals surface area contributed by atoms with Gasteiger partial charge in [-0.3, -0.25) is 0 Å². The van der Waals surface area contributed by atoms with Crippen molar-refractivity contribution < 1.29 is 4.39 Å². The van der Waals surface area contributed by atoms with Gasteiger partial charge in [-0.1, -0.05) is 25.8 Å². The molecule has 2 rings (SSSR count). The van der Waals surface area contributed by atoms with E-state index in [1.54, 1.807) is 6.07 Å². The fourth-order valence-corrected chi connectivity index (χ4v) is 3.95. The Hall–Kier alpha value is -0.120. The molecule has 0 unspecified atom stereocenters. The van der Waals surface area contributed by atoms with Gasteiger partial charge in [0.15, 0.2) is 0 Å². The van der Waals surface area contributed by atoms with Crippen LogP contribution in [0.3, 0.4) is 0 Å². The van der Waals surface area contributed by atoms with Gasteiger partial charge < -0.3 is 0 Å². The summed E-state index contributed by atoms with van der Waals surface area (Å²) in [6, 6.07) is 5.44. The molecule has 1 fully saturated rings. The first-order valence-electron chi connectivity index (χ1n) is 6.66. The molecule has 1 saturated carbocycles. The second kappa shape index (κ2) is 6.17. The van der Waals surface area contributed by atoms with Gasteiger partial charge in [0.1, 0.15) is 5.82 Å². The molecule has 17 heavy (non-hydrogen) atoms. The van der Waals surface area contributed by atoms with Crippen molar-refractivity contribution in [3.63, 3.8) is 0 Å². The summed E-state index contributed by atoms with van der Waals surface area (Å²) in [6.07, 6.45) is 7.53. The first-order valence-corrected chi connectivity index (χ1v) is 7.74. The van der Waals surface area contributed by atoms with Crippen molar-refractivity contribution in [3.05, 3.63) is 33.1 Å². The van der Waals surface area contributed by atoms with Gasteiger partial charge in [-0.25, -0.2) is 4.39 Å². The summed E-state index contributed by atoms with van der Waals surface area (Å²) in [5.74, 6) is 1.34. The van der Waals surface area contributed by atoms with Crippen molar-refractivity contribution in [2.45, 2.75) is 51.4 Å². The zero-order valence-corrected chi connectivity index (χ0v) is 12.5. The lowest BCUT2D eigenvalue weighted by Gasteiger charge is -2.29. The third kappa shape index (κ3) is 3.21. The Morgan fingerprint density at radius 1 is 1.24 bits per heavy atom. The van der Waals surface area contributed by atoms with Crippen LogP contribution in [-0.4, -0.2) is 0 Å². The Labute approximate surface area is 117 Å². The van der Waals surface area contributed by atoms with Crippen LogP contribution in [0.5, 0.6) is 0 Å². The molecule has 0 aliphatic heterocycles. The van der Waals surface area contributed by atoms with E-state index in [4.69, 9.17) is 0 Å². The maximum absolute atomic E-state index is 13.9.